The number of aromatic nitrogens is 1. The summed E-state index contributed by atoms with van der Waals surface area (Å²) in [5.41, 5.74) is 1.71. The Morgan fingerprint density at radius 3 is 2.69 bits per heavy atom. The Bertz CT molecular complexity index is 985. The fourth-order valence-corrected chi connectivity index (χ4v) is 5.03. The summed E-state index contributed by atoms with van der Waals surface area (Å²) in [6, 6.07) is 9.54. The van der Waals surface area contributed by atoms with Crippen molar-refractivity contribution in [2.24, 2.45) is 0 Å². The number of amides is 1. The van der Waals surface area contributed by atoms with Crippen LogP contribution in [0.4, 0.5) is 0 Å². The number of hydrogen-bond acceptors (Lipinski definition) is 7. The molecule has 6 nitrogen and oxygen atoms in total. The summed E-state index contributed by atoms with van der Waals surface area (Å²) >= 11 is 3.42. The number of fused-ring (bicyclic) bond motifs is 1. The topological polar surface area (TPSA) is 54.9 Å². The largest absolute Gasteiger partial charge is 0.454 e. The molecule has 0 unspecified atom stereocenters. The number of halogens is 1. The molecule has 1 fully saturated rings. The van der Waals surface area contributed by atoms with Crippen LogP contribution < -0.4 is 9.47 Å². The maximum absolute atomic E-state index is 12.8. The van der Waals surface area contributed by atoms with Crippen LogP contribution in [0.2, 0.25) is 0 Å². The molecule has 0 bridgehead atoms. The van der Waals surface area contributed by atoms with E-state index in [1.165, 1.54) is 4.88 Å². The van der Waals surface area contributed by atoms with E-state index < -0.39 is 0 Å². The van der Waals surface area contributed by atoms with Crippen molar-refractivity contribution < 1.29 is 14.3 Å². The zero-order valence-corrected chi connectivity index (χ0v) is 18.0. The Labute approximate surface area is 183 Å². The number of thiophene rings is 1. The molecule has 0 radical (unpaired) electrons. The predicted octanol–water partition coefficient (Wildman–Crippen LogP) is 3.98. The van der Waals surface area contributed by atoms with Crippen LogP contribution in [0.5, 0.6) is 11.5 Å². The highest BCUT2D eigenvalue weighted by Crippen LogP contribution is 2.33. The molecule has 5 rings (SSSR count). The van der Waals surface area contributed by atoms with E-state index in [4.69, 9.17) is 14.5 Å². The lowest BCUT2D eigenvalue weighted by Crippen LogP contribution is -2.48. The normalized spacial score (nSPS) is 15.9. The van der Waals surface area contributed by atoms with Crippen molar-refractivity contribution in [3.8, 4) is 22.1 Å². The van der Waals surface area contributed by atoms with Crippen LogP contribution in [0, 0.1) is 0 Å². The zero-order chi connectivity index (χ0) is 18.9. The van der Waals surface area contributed by atoms with Crippen molar-refractivity contribution in [2.75, 3.05) is 33.0 Å². The van der Waals surface area contributed by atoms with Gasteiger partial charge in [-0.25, -0.2) is 4.98 Å². The zero-order valence-electron chi connectivity index (χ0n) is 15.6. The molecule has 1 saturated heterocycles. The molecular weight excluding hydrogens is 430 g/mol. The van der Waals surface area contributed by atoms with Gasteiger partial charge in [0.2, 0.25) is 6.79 Å². The number of rotatable bonds is 4. The molecule has 2 aromatic heterocycles. The molecule has 0 atom stereocenters. The van der Waals surface area contributed by atoms with E-state index >= 15 is 0 Å². The highest BCUT2D eigenvalue weighted by molar-refractivity contribution is 7.14. The van der Waals surface area contributed by atoms with Crippen LogP contribution in [0.3, 0.4) is 0 Å². The van der Waals surface area contributed by atoms with Gasteiger partial charge in [-0.3, -0.25) is 9.69 Å². The Kier molecular flexibility index (Phi) is 6.05. The minimum Gasteiger partial charge on any atom is -0.454 e. The fourth-order valence-electron chi connectivity index (χ4n) is 3.43. The van der Waals surface area contributed by atoms with E-state index in [1.54, 1.807) is 34.8 Å². The standard InChI is InChI=1S/C20H19N3O3S2.ClH/c24-20(14-3-4-16-17(10-14)26-13-25-16)23-7-5-22(6-8-23)11-19-21-15(12-28-19)18-2-1-9-27-18;/h1-4,9-10,12H,5-8,11,13H2;1H. The minimum absolute atomic E-state index is 0. The van der Waals surface area contributed by atoms with Gasteiger partial charge in [-0.05, 0) is 29.6 Å². The second-order valence-corrected chi connectivity index (χ2v) is 8.63. The third kappa shape index (κ3) is 4.25. The molecule has 3 aromatic rings. The lowest BCUT2D eigenvalue weighted by molar-refractivity contribution is 0.0628. The van der Waals surface area contributed by atoms with Crippen molar-refractivity contribution in [1.82, 2.24) is 14.8 Å². The van der Waals surface area contributed by atoms with Crippen LogP contribution >= 0.6 is 35.1 Å². The molecule has 1 amide bonds. The van der Waals surface area contributed by atoms with Gasteiger partial charge in [0, 0.05) is 37.1 Å². The molecule has 29 heavy (non-hydrogen) atoms. The Hall–Kier alpha value is -2.13. The van der Waals surface area contributed by atoms with Gasteiger partial charge in [-0.15, -0.1) is 35.1 Å². The lowest BCUT2D eigenvalue weighted by atomic mass is 10.1. The predicted molar refractivity (Wildman–Crippen MR) is 116 cm³/mol. The molecule has 0 spiro atoms. The third-order valence-corrected chi connectivity index (χ3v) is 6.69. The first-order valence-corrected chi connectivity index (χ1v) is 10.9. The Morgan fingerprint density at radius 1 is 1.07 bits per heavy atom. The van der Waals surface area contributed by atoms with Gasteiger partial charge < -0.3 is 14.4 Å². The quantitative estimate of drug-likeness (QED) is 0.603. The summed E-state index contributed by atoms with van der Waals surface area (Å²) < 4.78 is 10.7. The van der Waals surface area contributed by atoms with Crippen molar-refractivity contribution in [3.05, 3.63) is 51.7 Å². The van der Waals surface area contributed by atoms with E-state index in [0.717, 1.165) is 43.4 Å². The summed E-state index contributed by atoms with van der Waals surface area (Å²) in [7, 11) is 0. The van der Waals surface area contributed by atoms with Gasteiger partial charge in [0.05, 0.1) is 17.1 Å². The molecule has 9 heteroatoms. The summed E-state index contributed by atoms with van der Waals surface area (Å²) in [6.07, 6.45) is 0. The molecule has 0 N–H and O–H groups in total. The second-order valence-electron chi connectivity index (χ2n) is 6.74. The maximum Gasteiger partial charge on any atom is 0.254 e. The molecule has 0 aliphatic carbocycles. The number of benzene rings is 1. The van der Waals surface area contributed by atoms with Gasteiger partial charge in [0.1, 0.15) is 5.01 Å². The Balaban J connectivity index is 0.00000205. The number of piperazine rings is 1. The van der Waals surface area contributed by atoms with E-state index in [1.807, 2.05) is 11.0 Å². The summed E-state index contributed by atoms with van der Waals surface area (Å²) in [5, 5.41) is 5.32. The number of ether oxygens (including phenoxy) is 2. The molecule has 4 heterocycles. The summed E-state index contributed by atoms with van der Waals surface area (Å²) in [5.74, 6) is 1.40. The van der Waals surface area contributed by atoms with Crippen LogP contribution in [0.1, 0.15) is 15.4 Å². The first-order valence-electron chi connectivity index (χ1n) is 9.16. The monoisotopic (exact) mass is 449 g/mol. The Morgan fingerprint density at radius 2 is 1.90 bits per heavy atom. The first-order chi connectivity index (χ1) is 13.8. The van der Waals surface area contributed by atoms with Crippen molar-refractivity contribution in [2.45, 2.75) is 6.54 Å². The smallest absolute Gasteiger partial charge is 0.254 e. The molecular formula is C20H20ClN3O3S2. The average Bonchev–Trinajstić information content (AvgIpc) is 3.48. The second kappa shape index (κ2) is 8.71. The van der Waals surface area contributed by atoms with Crippen LogP contribution in [0.25, 0.3) is 10.6 Å². The minimum atomic E-state index is 0. The van der Waals surface area contributed by atoms with Gasteiger partial charge in [-0.2, -0.15) is 0 Å². The van der Waals surface area contributed by atoms with Crippen molar-refractivity contribution in [3.63, 3.8) is 0 Å². The summed E-state index contributed by atoms with van der Waals surface area (Å²) in [4.78, 5) is 23.0. The van der Waals surface area contributed by atoms with E-state index in [-0.39, 0.29) is 25.1 Å². The summed E-state index contributed by atoms with van der Waals surface area (Å²) in [6.45, 7) is 4.19. The highest BCUT2D eigenvalue weighted by Gasteiger charge is 2.24. The molecule has 2 aliphatic heterocycles. The van der Waals surface area contributed by atoms with Crippen LogP contribution in [-0.4, -0.2) is 53.7 Å². The number of carbonyl (C=O) groups excluding carboxylic acids is 1. The molecule has 1 aromatic carbocycles. The SMILES string of the molecule is Cl.O=C(c1ccc2c(c1)OCO2)N1CCN(Cc2nc(-c3cccs3)cs2)CC1. The maximum atomic E-state index is 12.8. The highest BCUT2D eigenvalue weighted by atomic mass is 35.5. The number of hydrogen-bond donors (Lipinski definition) is 0. The van der Waals surface area contributed by atoms with Crippen molar-refractivity contribution >= 4 is 41.0 Å². The fraction of sp³-hybridized carbons (Fsp3) is 0.300. The molecule has 152 valence electrons. The van der Waals surface area contributed by atoms with E-state index in [0.29, 0.717) is 17.1 Å². The lowest BCUT2D eigenvalue weighted by Gasteiger charge is -2.34. The van der Waals surface area contributed by atoms with Crippen LogP contribution in [0.15, 0.2) is 41.1 Å². The van der Waals surface area contributed by atoms with E-state index in [9.17, 15) is 4.79 Å². The number of nitrogens with zero attached hydrogens (tertiary/aromatic N) is 3. The van der Waals surface area contributed by atoms with Gasteiger partial charge >= 0.3 is 0 Å². The molecule has 2 aliphatic rings. The first kappa shape index (κ1) is 20.2. The average molecular weight is 450 g/mol. The van der Waals surface area contributed by atoms with Gasteiger partial charge in [-0.1, -0.05) is 6.07 Å². The number of carbonyl (C=O) groups is 1. The third-order valence-electron chi connectivity index (χ3n) is 4.96. The van der Waals surface area contributed by atoms with Gasteiger partial charge in [0.25, 0.3) is 5.91 Å². The van der Waals surface area contributed by atoms with E-state index in [2.05, 4.69) is 27.8 Å². The van der Waals surface area contributed by atoms with Crippen LogP contribution in [-0.2, 0) is 6.54 Å². The van der Waals surface area contributed by atoms with Crippen molar-refractivity contribution in [1.29, 1.82) is 0 Å². The number of thiazole rings is 1. The van der Waals surface area contributed by atoms with Gasteiger partial charge in [0.15, 0.2) is 11.5 Å². The molecule has 0 saturated carbocycles.